The maximum atomic E-state index is 12.1. The molecule has 0 aliphatic heterocycles. The van der Waals surface area contributed by atoms with Gasteiger partial charge in [-0.1, -0.05) is 12.8 Å². The summed E-state index contributed by atoms with van der Waals surface area (Å²) in [4.78, 5) is 24.9. The maximum absolute atomic E-state index is 12.1. The highest BCUT2D eigenvalue weighted by atomic mass is 16.2. The quantitative estimate of drug-likeness (QED) is 0.658. The van der Waals surface area contributed by atoms with Gasteiger partial charge in [0.15, 0.2) is 12.6 Å². The molecular weight excluding hydrogens is 254 g/mol. The summed E-state index contributed by atoms with van der Waals surface area (Å²) >= 11 is 0. The third-order valence-electron chi connectivity index (χ3n) is 3.79. The molecule has 1 rings (SSSR count). The Hall–Kier alpha value is -1.10. The Kier molecular flexibility index (Phi) is 5.99. The highest BCUT2D eigenvalue weighted by Crippen LogP contribution is 2.17. The molecule has 0 aromatic rings. The normalized spacial score (nSPS) is 19.4. The van der Waals surface area contributed by atoms with Gasteiger partial charge in [-0.15, -0.1) is 0 Å². The Morgan fingerprint density at radius 1 is 1.25 bits per heavy atom. The molecule has 0 bridgehead atoms. The molecule has 0 spiro atoms. The second-order valence-electron chi connectivity index (χ2n) is 7.03. The summed E-state index contributed by atoms with van der Waals surface area (Å²) in [6.07, 6.45) is 4.58. The number of hydrogen-bond donors (Lipinski definition) is 3. The van der Waals surface area contributed by atoms with Crippen LogP contribution in [-0.2, 0) is 9.59 Å². The lowest BCUT2D eigenvalue weighted by Gasteiger charge is -2.25. The number of carbonyl (C=O) groups is 2. The number of amides is 2. The number of nitrogens with one attached hydrogen (secondary N) is 3. The average molecular weight is 284 g/mol. The number of carbonyl (C=O) groups excluding carboxylic acids is 2. The highest BCUT2D eigenvalue weighted by Gasteiger charge is 2.27. The minimum absolute atomic E-state index is 0.0180. The van der Waals surface area contributed by atoms with Gasteiger partial charge in [0, 0.05) is 11.6 Å². The molecule has 5 heteroatoms. The van der Waals surface area contributed by atoms with Gasteiger partial charge in [0.05, 0.1) is 7.05 Å². The van der Waals surface area contributed by atoms with E-state index in [1.807, 2.05) is 34.7 Å². The highest BCUT2D eigenvalue weighted by molar-refractivity contribution is 5.81. The van der Waals surface area contributed by atoms with E-state index in [1.165, 1.54) is 12.8 Å². The van der Waals surface area contributed by atoms with Crippen molar-refractivity contribution in [3.05, 3.63) is 0 Å². The molecule has 0 aromatic heterocycles. The molecule has 2 amide bonds. The van der Waals surface area contributed by atoms with Crippen molar-refractivity contribution in [1.29, 1.82) is 0 Å². The largest absolute Gasteiger partial charge is 0.348 e. The molecule has 1 unspecified atom stereocenters. The molecule has 1 aliphatic rings. The van der Waals surface area contributed by atoms with E-state index in [2.05, 4.69) is 10.6 Å². The summed E-state index contributed by atoms with van der Waals surface area (Å²) in [5.74, 6) is 0.0356. The molecule has 20 heavy (non-hydrogen) atoms. The van der Waals surface area contributed by atoms with Crippen LogP contribution in [0.25, 0.3) is 0 Å². The maximum Gasteiger partial charge on any atom is 0.278 e. The van der Waals surface area contributed by atoms with Gasteiger partial charge in [-0.2, -0.15) is 0 Å². The fraction of sp³-hybridized carbons (Fsp3) is 0.867. The third kappa shape index (κ3) is 5.90. The van der Waals surface area contributed by atoms with Gasteiger partial charge < -0.3 is 15.5 Å². The first kappa shape index (κ1) is 17.0. The fourth-order valence-corrected chi connectivity index (χ4v) is 2.49. The van der Waals surface area contributed by atoms with Crippen molar-refractivity contribution in [3.63, 3.8) is 0 Å². The van der Waals surface area contributed by atoms with Gasteiger partial charge in [-0.25, -0.2) is 0 Å². The molecule has 2 atom stereocenters. The van der Waals surface area contributed by atoms with Gasteiger partial charge in [-0.3, -0.25) is 9.59 Å². The SMILES string of the molecule is C[C@@H](C(=O)NC1CCCC1)[NH+](C)CC(=O)NC(C)(C)C. The van der Waals surface area contributed by atoms with E-state index in [-0.39, 0.29) is 23.4 Å². The van der Waals surface area contributed by atoms with Crippen molar-refractivity contribution in [1.82, 2.24) is 10.6 Å². The summed E-state index contributed by atoms with van der Waals surface area (Å²) in [5.41, 5.74) is -0.229. The second kappa shape index (κ2) is 7.07. The van der Waals surface area contributed by atoms with Crippen LogP contribution in [0, 0.1) is 0 Å². The zero-order valence-corrected chi connectivity index (χ0v) is 13.5. The molecule has 0 heterocycles. The smallest absolute Gasteiger partial charge is 0.278 e. The average Bonchev–Trinajstić information content (AvgIpc) is 2.77. The van der Waals surface area contributed by atoms with Gasteiger partial charge in [0.1, 0.15) is 0 Å². The zero-order valence-electron chi connectivity index (χ0n) is 13.5. The summed E-state index contributed by atoms with van der Waals surface area (Å²) in [6.45, 7) is 8.06. The summed E-state index contributed by atoms with van der Waals surface area (Å²) in [6, 6.07) is 0.127. The Morgan fingerprint density at radius 2 is 1.80 bits per heavy atom. The molecule has 0 saturated heterocycles. The minimum Gasteiger partial charge on any atom is -0.348 e. The molecule has 0 radical (unpaired) electrons. The molecule has 0 aromatic carbocycles. The molecule has 1 aliphatic carbocycles. The predicted octanol–water partition coefficient (Wildman–Crippen LogP) is -0.137. The molecule has 116 valence electrons. The molecule has 5 nitrogen and oxygen atoms in total. The summed E-state index contributed by atoms with van der Waals surface area (Å²) < 4.78 is 0. The Balaban J connectivity index is 2.39. The first-order chi connectivity index (χ1) is 9.19. The fourth-order valence-electron chi connectivity index (χ4n) is 2.49. The van der Waals surface area contributed by atoms with Gasteiger partial charge in [-0.05, 0) is 40.5 Å². The van der Waals surface area contributed by atoms with Crippen LogP contribution < -0.4 is 15.5 Å². The minimum atomic E-state index is -0.229. The monoisotopic (exact) mass is 284 g/mol. The van der Waals surface area contributed by atoms with Crippen LogP contribution in [0.2, 0.25) is 0 Å². The van der Waals surface area contributed by atoms with Crippen molar-refractivity contribution in [2.45, 2.75) is 71.0 Å². The standard InChI is InChI=1S/C15H29N3O2/c1-11(14(20)16-12-8-6-7-9-12)18(5)10-13(19)17-15(2,3)4/h11-12H,6-10H2,1-5H3,(H,16,20)(H,17,19)/p+1/t11-/m0/s1. The van der Waals surface area contributed by atoms with Gasteiger partial charge >= 0.3 is 0 Å². The van der Waals surface area contributed by atoms with Crippen LogP contribution in [-0.4, -0.2) is 43.0 Å². The number of hydrogen-bond acceptors (Lipinski definition) is 2. The molecule has 1 saturated carbocycles. The molecule has 3 N–H and O–H groups in total. The topological polar surface area (TPSA) is 62.6 Å². The van der Waals surface area contributed by atoms with E-state index in [4.69, 9.17) is 0 Å². The predicted molar refractivity (Wildman–Crippen MR) is 79.5 cm³/mol. The zero-order chi connectivity index (χ0) is 15.3. The summed E-state index contributed by atoms with van der Waals surface area (Å²) in [5, 5.41) is 6.02. The van der Waals surface area contributed by atoms with Crippen molar-refractivity contribution in [2.24, 2.45) is 0 Å². The van der Waals surface area contributed by atoms with E-state index in [0.717, 1.165) is 17.7 Å². The number of likely N-dealkylation sites (N-methyl/N-ethyl adjacent to an activating group) is 1. The van der Waals surface area contributed by atoms with E-state index in [0.29, 0.717) is 12.6 Å². The molecule has 1 fully saturated rings. The third-order valence-corrected chi connectivity index (χ3v) is 3.79. The lowest BCUT2D eigenvalue weighted by atomic mass is 10.1. The Bertz CT molecular complexity index is 344. The van der Waals surface area contributed by atoms with Crippen LogP contribution in [0.15, 0.2) is 0 Å². The van der Waals surface area contributed by atoms with Gasteiger partial charge in [0.2, 0.25) is 0 Å². The van der Waals surface area contributed by atoms with E-state index in [9.17, 15) is 9.59 Å². The second-order valence-corrected chi connectivity index (χ2v) is 7.03. The lowest BCUT2D eigenvalue weighted by molar-refractivity contribution is -0.886. The first-order valence-corrected chi connectivity index (χ1v) is 7.63. The summed E-state index contributed by atoms with van der Waals surface area (Å²) in [7, 11) is 1.89. The number of rotatable bonds is 5. The van der Waals surface area contributed by atoms with Crippen molar-refractivity contribution in [2.75, 3.05) is 13.6 Å². The van der Waals surface area contributed by atoms with Crippen molar-refractivity contribution in [3.8, 4) is 0 Å². The number of quaternary nitrogens is 1. The first-order valence-electron chi connectivity index (χ1n) is 7.63. The Labute approximate surface area is 122 Å². The van der Waals surface area contributed by atoms with E-state index >= 15 is 0 Å². The van der Waals surface area contributed by atoms with Crippen LogP contribution >= 0.6 is 0 Å². The van der Waals surface area contributed by atoms with Crippen molar-refractivity contribution >= 4 is 11.8 Å². The van der Waals surface area contributed by atoms with E-state index < -0.39 is 0 Å². The van der Waals surface area contributed by atoms with E-state index in [1.54, 1.807) is 0 Å². The molecular formula is C15H30N3O2+. The van der Waals surface area contributed by atoms with Gasteiger partial charge in [0.25, 0.3) is 11.8 Å². The van der Waals surface area contributed by atoms with Crippen LogP contribution in [0.1, 0.15) is 53.4 Å². The lowest BCUT2D eigenvalue weighted by Crippen LogP contribution is -3.15. The van der Waals surface area contributed by atoms with Crippen molar-refractivity contribution < 1.29 is 14.5 Å². The Morgan fingerprint density at radius 3 is 2.30 bits per heavy atom. The van der Waals surface area contributed by atoms with Crippen LogP contribution in [0.3, 0.4) is 0 Å². The van der Waals surface area contributed by atoms with Crippen LogP contribution in [0.4, 0.5) is 0 Å². The van der Waals surface area contributed by atoms with Crippen LogP contribution in [0.5, 0.6) is 0 Å².